The van der Waals surface area contributed by atoms with E-state index >= 15 is 0 Å². The Balaban J connectivity index is 1.64. The number of carbonyl (C=O) groups is 1. The summed E-state index contributed by atoms with van der Waals surface area (Å²) in [6.07, 6.45) is 5.21. The van der Waals surface area contributed by atoms with Crippen LogP contribution in [0.1, 0.15) is 20.8 Å². The van der Waals surface area contributed by atoms with Crippen molar-refractivity contribution in [3.8, 4) is 11.3 Å². The number of carbonyl (C=O) groups excluding carboxylic acids is 1. The minimum Gasteiger partial charge on any atom is -0.298 e. The number of thiazole rings is 1. The van der Waals surface area contributed by atoms with Gasteiger partial charge < -0.3 is 0 Å². The molecule has 1 amide bonds. The summed E-state index contributed by atoms with van der Waals surface area (Å²) in [5.41, 5.74) is 4.05. The number of rotatable bonds is 2. The van der Waals surface area contributed by atoms with Gasteiger partial charge in [-0.2, -0.15) is 0 Å². The topological polar surface area (TPSA) is 54.9 Å². The van der Waals surface area contributed by atoms with Crippen molar-refractivity contribution >= 4 is 22.4 Å². The van der Waals surface area contributed by atoms with E-state index in [4.69, 9.17) is 0 Å². The van der Waals surface area contributed by atoms with Crippen LogP contribution in [0.4, 0.5) is 5.13 Å². The van der Waals surface area contributed by atoms with Crippen molar-refractivity contribution in [1.82, 2.24) is 9.97 Å². The highest BCUT2D eigenvalue weighted by molar-refractivity contribution is 7.16. The van der Waals surface area contributed by atoms with E-state index in [0.29, 0.717) is 10.7 Å². The van der Waals surface area contributed by atoms with Crippen LogP contribution in [0.25, 0.3) is 11.3 Å². The molecule has 0 atom stereocenters. The zero-order valence-corrected chi connectivity index (χ0v) is 12.6. The summed E-state index contributed by atoms with van der Waals surface area (Å²) in [4.78, 5) is 22.0. The number of anilines is 1. The molecule has 1 aromatic carbocycles. The van der Waals surface area contributed by atoms with E-state index in [1.807, 2.05) is 6.07 Å². The Morgan fingerprint density at radius 2 is 2.05 bits per heavy atom. The Bertz CT molecular complexity index is 842. The first-order valence-electron chi connectivity index (χ1n) is 7.10. The molecule has 3 aromatic rings. The van der Waals surface area contributed by atoms with Crippen LogP contribution >= 0.6 is 11.3 Å². The lowest BCUT2D eigenvalue weighted by molar-refractivity contribution is 0.102. The Morgan fingerprint density at radius 1 is 1.14 bits per heavy atom. The Morgan fingerprint density at radius 3 is 2.91 bits per heavy atom. The summed E-state index contributed by atoms with van der Waals surface area (Å²) >= 11 is 1.56. The minimum atomic E-state index is -0.174. The molecule has 0 unspecified atom stereocenters. The second-order valence-corrected chi connectivity index (χ2v) is 6.23. The predicted octanol–water partition coefficient (Wildman–Crippen LogP) is 3.56. The van der Waals surface area contributed by atoms with Gasteiger partial charge in [0.25, 0.3) is 5.91 Å². The smallest absolute Gasteiger partial charge is 0.259 e. The first kappa shape index (κ1) is 13.2. The maximum absolute atomic E-state index is 12.2. The highest BCUT2D eigenvalue weighted by atomic mass is 32.1. The molecule has 4 nitrogen and oxygen atoms in total. The average molecular weight is 307 g/mol. The van der Waals surface area contributed by atoms with Crippen molar-refractivity contribution in [3.05, 3.63) is 64.8 Å². The number of fused-ring (bicyclic) bond motifs is 3. The first-order chi connectivity index (χ1) is 10.8. The number of hydrogen-bond acceptors (Lipinski definition) is 4. The Labute approximate surface area is 131 Å². The molecular weight excluding hydrogens is 294 g/mol. The summed E-state index contributed by atoms with van der Waals surface area (Å²) in [5.74, 6) is -0.174. The zero-order valence-electron chi connectivity index (χ0n) is 11.7. The quantitative estimate of drug-likeness (QED) is 0.787. The Hall–Kier alpha value is -2.53. The van der Waals surface area contributed by atoms with E-state index in [0.717, 1.165) is 18.5 Å². The van der Waals surface area contributed by atoms with Gasteiger partial charge in [0, 0.05) is 22.8 Å². The highest BCUT2D eigenvalue weighted by Gasteiger charge is 2.21. The lowest BCUT2D eigenvalue weighted by Gasteiger charge is -2.13. The maximum Gasteiger partial charge on any atom is 0.259 e. The van der Waals surface area contributed by atoms with Crippen LogP contribution in [-0.2, 0) is 12.8 Å². The maximum atomic E-state index is 12.2. The molecule has 22 heavy (non-hydrogen) atoms. The van der Waals surface area contributed by atoms with Crippen molar-refractivity contribution in [1.29, 1.82) is 0 Å². The molecule has 1 aliphatic carbocycles. The fourth-order valence-corrected chi connectivity index (χ4v) is 3.64. The van der Waals surface area contributed by atoms with Gasteiger partial charge in [-0.05, 0) is 30.5 Å². The molecule has 0 bridgehead atoms. The van der Waals surface area contributed by atoms with Crippen LogP contribution in [0, 0.1) is 0 Å². The molecule has 2 heterocycles. The van der Waals surface area contributed by atoms with Gasteiger partial charge >= 0.3 is 0 Å². The Kier molecular flexibility index (Phi) is 3.20. The van der Waals surface area contributed by atoms with Crippen molar-refractivity contribution in [2.24, 2.45) is 0 Å². The van der Waals surface area contributed by atoms with Crippen molar-refractivity contribution in [2.75, 3.05) is 5.32 Å². The molecule has 1 aliphatic rings. The zero-order chi connectivity index (χ0) is 14.9. The van der Waals surface area contributed by atoms with E-state index < -0.39 is 0 Å². The summed E-state index contributed by atoms with van der Waals surface area (Å²) in [6, 6.07) is 11.8. The molecule has 0 saturated carbocycles. The number of pyridine rings is 1. The SMILES string of the molecule is O=C(Nc1nc2c(s1)CCc1ccccc1-2)c1cccnc1. The monoisotopic (exact) mass is 307 g/mol. The average Bonchev–Trinajstić information content (AvgIpc) is 2.98. The lowest BCUT2D eigenvalue weighted by atomic mass is 9.94. The third kappa shape index (κ3) is 2.29. The summed E-state index contributed by atoms with van der Waals surface area (Å²) < 4.78 is 0. The van der Waals surface area contributed by atoms with Gasteiger partial charge in [0.2, 0.25) is 0 Å². The fourth-order valence-electron chi connectivity index (χ4n) is 2.67. The van der Waals surface area contributed by atoms with Crippen LogP contribution in [0.2, 0.25) is 0 Å². The third-order valence-electron chi connectivity index (χ3n) is 3.74. The van der Waals surface area contributed by atoms with Crippen LogP contribution in [0.5, 0.6) is 0 Å². The molecule has 0 radical (unpaired) electrons. The molecule has 2 aromatic heterocycles. The molecule has 0 aliphatic heterocycles. The highest BCUT2D eigenvalue weighted by Crippen LogP contribution is 2.37. The van der Waals surface area contributed by atoms with E-state index in [2.05, 4.69) is 33.5 Å². The van der Waals surface area contributed by atoms with Gasteiger partial charge in [-0.25, -0.2) is 4.98 Å². The van der Waals surface area contributed by atoms with Crippen molar-refractivity contribution in [3.63, 3.8) is 0 Å². The van der Waals surface area contributed by atoms with Crippen LogP contribution in [-0.4, -0.2) is 15.9 Å². The van der Waals surface area contributed by atoms with Crippen LogP contribution in [0.15, 0.2) is 48.8 Å². The molecule has 4 rings (SSSR count). The molecule has 0 spiro atoms. The number of amides is 1. The van der Waals surface area contributed by atoms with Gasteiger partial charge in [-0.15, -0.1) is 11.3 Å². The van der Waals surface area contributed by atoms with Gasteiger partial charge in [0.1, 0.15) is 0 Å². The van der Waals surface area contributed by atoms with Gasteiger partial charge in [-0.3, -0.25) is 15.1 Å². The van der Waals surface area contributed by atoms with E-state index in [9.17, 15) is 4.79 Å². The van der Waals surface area contributed by atoms with Crippen LogP contribution in [0.3, 0.4) is 0 Å². The van der Waals surface area contributed by atoms with Gasteiger partial charge in [-0.1, -0.05) is 24.3 Å². The summed E-state index contributed by atoms with van der Waals surface area (Å²) in [6.45, 7) is 0. The first-order valence-corrected chi connectivity index (χ1v) is 7.92. The molecule has 108 valence electrons. The second-order valence-electron chi connectivity index (χ2n) is 5.14. The van der Waals surface area contributed by atoms with Crippen molar-refractivity contribution < 1.29 is 4.79 Å². The number of aryl methyl sites for hydroxylation is 2. The van der Waals surface area contributed by atoms with Crippen LogP contribution < -0.4 is 5.32 Å². The number of nitrogens with one attached hydrogen (secondary N) is 1. The minimum absolute atomic E-state index is 0.174. The number of hydrogen-bond donors (Lipinski definition) is 1. The van der Waals surface area contributed by atoms with Gasteiger partial charge in [0.15, 0.2) is 5.13 Å². The predicted molar refractivity (Wildman–Crippen MR) is 87.1 cm³/mol. The third-order valence-corrected chi connectivity index (χ3v) is 4.77. The molecule has 5 heteroatoms. The fraction of sp³-hybridized carbons (Fsp3) is 0.118. The summed E-state index contributed by atoms with van der Waals surface area (Å²) in [5, 5.41) is 3.52. The second kappa shape index (κ2) is 5.35. The summed E-state index contributed by atoms with van der Waals surface area (Å²) in [7, 11) is 0. The molecule has 0 fully saturated rings. The largest absolute Gasteiger partial charge is 0.298 e. The number of nitrogens with zero attached hydrogens (tertiary/aromatic N) is 2. The molecule has 1 N–H and O–H groups in total. The van der Waals surface area contributed by atoms with Gasteiger partial charge in [0.05, 0.1) is 11.3 Å². The van der Waals surface area contributed by atoms with E-state index in [1.165, 1.54) is 16.0 Å². The number of benzene rings is 1. The van der Waals surface area contributed by atoms with E-state index in [-0.39, 0.29) is 5.91 Å². The van der Waals surface area contributed by atoms with E-state index in [1.54, 1.807) is 35.9 Å². The van der Waals surface area contributed by atoms with Crippen molar-refractivity contribution in [2.45, 2.75) is 12.8 Å². The lowest BCUT2D eigenvalue weighted by Crippen LogP contribution is -2.11. The number of aromatic nitrogens is 2. The molecular formula is C17H13N3OS. The normalized spacial score (nSPS) is 12.4. The molecule has 0 saturated heterocycles. The standard InChI is InChI=1S/C17H13N3OS/c21-16(12-5-3-9-18-10-12)20-17-19-15-13-6-2-1-4-11(13)7-8-14(15)22-17/h1-6,9-10H,7-8H2,(H,19,20,21).